The Morgan fingerprint density at radius 2 is 1.90 bits per heavy atom. The van der Waals surface area contributed by atoms with Crippen molar-refractivity contribution in [3.05, 3.63) is 41.5 Å². The number of halogens is 4. The van der Waals surface area contributed by atoms with E-state index in [1.165, 1.54) is 6.07 Å². The Balaban J connectivity index is 1.93. The summed E-state index contributed by atoms with van der Waals surface area (Å²) in [5, 5.41) is 5.52. The minimum atomic E-state index is -4.65. The Labute approximate surface area is 163 Å². The van der Waals surface area contributed by atoms with E-state index in [9.17, 15) is 22.4 Å². The van der Waals surface area contributed by atoms with Gasteiger partial charge < -0.3 is 22.1 Å². The number of nitrogens with one attached hydrogen (secondary N) is 2. The van der Waals surface area contributed by atoms with Gasteiger partial charge >= 0.3 is 6.18 Å². The number of carbonyl (C=O) groups excluding carboxylic acids is 1. The van der Waals surface area contributed by atoms with Gasteiger partial charge in [-0.25, -0.2) is 9.37 Å². The summed E-state index contributed by atoms with van der Waals surface area (Å²) in [5.74, 6) is -2.13. The molecule has 0 aliphatic heterocycles. The number of carbonyl (C=O) groups is 1. The number of alkyl halides is 3. The third-order valence-corrected chi connectivity index (χ3v) is 4.70. The van der Waals surface area contributed by atoms with E-state index in [2.05, 4.69) is 20.6 Å². The minimum Gasteiger partial charge on any atom is -0.365 e. The summed E-state index contributed by atoms with van der Waals surface area (Å²) in [6, 6.07) is 2.50. The van der Waals surface area contributed by atoms with Gasteiger partial charge in [-0.2, -0.15) is 13.2 Å². The molecule has 1 amide bonds. The molecule has 0 spiro atoms. The smallest absolute Gasteiger partial charge is 0.365 e. The fourth-order valence-corrected chi connectivity index (χ4v) is 3.19. The Kier molecular flexibility index (Phi) is 5.87. The summed E-state index contributed by atoms with van der Waals surface area (Å²) in [7, 11) is 0. The zero-order chi connectivity index (χ0) is 21.2. The van der Waals surface area contributed by atoms with Gasteiger partial charge in [-0.15, -0.1) is 0 Å². The average Bonchev–Trinajstić information content (AvgIpc) is 2.65. The van der Waals surface area contributed by atoms with Gasteiger partial charge in [-0.3, -0.25) is 9.78 Å². The van der Waals surface area contributed by atoms with Gasteiger partial charge in [0.25, 0.3) is 5.91 Å². The van der Waals surface area contributed by atoms with E-state index in [0.29, 0.717) is 0 Å². The third-order valence-electron chi connectivity index (χ3n) is 4.70. The summed E-state index contributed by atoms with van der Waals surface area (Å²) in [4.78, 5) is 19.0. The molecule has 1 saturated carbocycles. The average molecular weight is 412 g/mol. The van der Waals surface area contributed by atoms with Crippen molar-refractivity contribution in [3.8, 4) is 0 Å². The molecule has 0 bridgehead atoms. The monoisotopic (exact) mass is 412 g/mol. The van der Waals surface area contributed by atoms with E-state index < -0.39 is 23.6 Å². The lowest BCUT2D eigenvalue weighted by Crippen LogP contribution is -2.43. The van der Waals surface area contributed by atoms with Crippen LogP contribution in [0.25, 0.3) is 0 Å². The first kappa shape index (κ1) is 20.8. The van der Waals surface area contributed by atoms with Crippen LogP contribution >= 0.6 is 0 Å². The number of aromatic nitrogens is 2. The molecule has 2 heterocycles. The van der Waals surface area contributed by atoms with Crippen LogP contribution in [0.1, 0.15) is 41.7 Å². The maximum absolute atomic E-state index is 14.5. The largest absolute Gasteiger partial charge is 0.433 e. The standard InChI is InChI=1S/C18H20F4N6O/c19-11-8-10(15(24)29)16(26-9-5-6-25-14(7-9)18(20,21)22)28-17(11)27-13-4-2-1-3-12(13)23/h5-8,12-13H,1-4,23H2,(H2,24,29)(H2,25,26,27,28). The molecular formula is C18H20F4N6O. The number of hydrogen-bond acceptors (Lipinski definition) is 6. The molecule has 2 atom stereocenters. The number of primary amides is 1. The van der Waals surface area contributed by atoms with Crippen molar-refractivity contribution in [1.29, 1.82) is 0 Å². The highest BCUT2D eigenvalue weighted by molar-refractivity contribution is 5.98. The number of amides is 1. The first-order chi connectivity index (χ1) is 13.6. The van der Waals surface area contributed by atoms with Gasteiger partial charge in [0.2, 0.25) is 0 Å². The van der Waals surface area contributed by atoms with Crippen LogP contribution in [0.15, 0.2) is 24.4 Å². The molecule has 0 aromatic carbocycles. The lowest BCUT2D eigenvalue weighted by molar-refractivity contribution is -0.141. The van der Waals surface area contributed by atoms with E-state index in [1.54, 1.807) is 0 Å². The Morgan fingerprint density at radius 1 is 1.17 bits per heavy atom. The molecule has 2 unspecified atom stereocenters. The second kappa shape index (κ2) is 8.19. The second-order valence-electron chi connectivity index (χ2n) is 6.83. The Morgan fingerprint density at radius 3 is 2.55 bits per heavy atom. The molecule has 2 aromatic heterocycles. The highest BCUT2D eigenvalue weighted by Gasteiger charge is 2.32. The summed E-state index contributed by atoms with van der Waals surface area (Å²) < 4.78 is 53.1. The van der Waals surface area contributed by atoms with Crippen LogP contribution in [0.3, 0.4) is 0 Å². The van der Waals surface area contributed by atoms with E-state index in [1.807, 2.05) is 0 Å². The molecule has 156 valence electrons. The molecule has 1 aliphatic rings. The maximum atomic E-state index is 14.5. The van der Waals surface area contributed by atoms with Crippen molar-refractivity contribution in [2.45, 2.75) is 43.9 Å². The fraction of sp³-hybridized carbons (Fsp3) is 0.389. The minimum absolute atomic E-state index is 0.0331. The van der Waals surface area contributed by atoms with Crippen LogP contribution in [-0.4, -0.2) is 28.0 Å². The number of nitrogens with two attached hydrogens (primary N) is 2. The molecule has 2 aromatic rings. The molecule has 0 saturated heterocycles. The van der Waals surface area contributed by atoms with Crippen LogP contribution in [-0.2, 0) is 6.18 Å². The maximum Gasteiger partial charge on any atom is 0.433 e. The lowest BCUT2D eigenvalue weighted by Gasteiger charge is -2.30. The van der Waals surface area contributed by atoms with Crippen molar-refractivity contribution in [3.63, 3.8) is 0 Å². The van der Waals surface area contributed by atoms with Crippen molar-refractivity contribution in [2.75, 3.05) is 10.6 Å². The Bertz CT molecular complexity index is 904. The second-order valence-corrected chi connectivity index (χ2v) is 6.83. The number of anilines is 3. The summed E-state index contributed by atoms with van der Waals surface area (Å²) in [6.07, 6.45) is -0.285. The number of hydrogen-bond donors (Lipinski definition) is 4. The van der Waals surface area contributed by atoms with Gasteiger partial charge in [-0.05, 0) is 31.0 Å². The first-order valence-electron chi connectivity index (χ1n) is 8.98. The molecule has 1 aliphatic carbocycles. The molecule has 7 nitrogen and oxygen atoms in total. The van der Waals surface area contributed by atoms with Gasteiger partial charge in [-0.1, -0.05) is 12.8 Å². The molecule has 3 rings (SSSR count). The predicted octanol–water partition coefficient (Wildman–Crippen LogP) is 3.16. The van der Waals surface area contributed by atoms with Crippen LogP contribution in [0.2, 0.25) is 0 Å². The van der Waals surface area contributed by atoms with Gasteiger partial charge in [0.05, 0.1) is 5.56 Å². The lowest BCUT2D eigenvalue weighted by atomic mass is 9.91. The molecule has 6 N–H and O–H groups in total. The fourth-order valence-electron chi connectivity index (χ4n) is 3.19. The van der Waals surface area contributed by atoms with E-state index in [0.717, 1.165) is 44.0 Å². The summed E-state index contributed by atoms with van der Waals surface area (Å²) >= 11 is 0. The quantitative estimate of drug-likeness (QED) is 0.560. The van der Waals surface area contributed by atoms with Crippen LogP contribution in [0.4, 0.5) is 34.9 Å². The third kappa shape index (κ3) is 4.91. The summed E-state index contributed by atoms with van der Waals surface area (Å²) in [5.41, 5.74) is 9.87. The van der Waals surface area contributed by atoms with Crippen LogP contribution in [0.5, 0.6) is 0 Å². The highest BCUT2D eigenvalue weighted by atomic mass is 19.4. The van der Waals surface area contributed by atoms with Crippen molar-refractivity contribution in [1.82, 2.24) is 9.97 Å². The van der Waals surface area contributed by atoms with E-state index in [4.69, 9.17) is 11.5 Å². The van der Waals surface area contributed by atoms with Crippen molar-refractivity contribution < 1.29 is 22.4 Å². The number of pyridine rings is 2. The predicted molar refractivity (Wildman–Crippen MR) is 99.1 cm³/mol. The SMILES string of the molecule is NC(=O)c1cc(F)c(NC2CCCCC2N)nc1Nc1ccnc(C(F)(F)F)c1. The molecule has 29 heavy (non-hydrogen) atoms. The molecule has 1 fully saturated rings. The highest BCUT2D eigenvalue weighted by Crippen LogP contribution is 2.31. The number of nitrogens with zero attached hydrogens (tertiary/aromatic N) is 2. The number of rotatable bonds is 5. The molecule has 11 heteroatoms. The van der Waals surface area contributed by atoms with E-state index in [-0.39, 0.29) is 35.0 Å². The van der Waals surface area contributed by atoms with Crippen molar-refractivity contribution in [2.24, 2.45) is 11.5 Å². The van der Waals surface area contributed by atoms with E-state index >= 15 is 0 Å². The topological polar surface area (TPSA) is 119 Å². The van der Waals surface area contributed by atoms with Crippen molar-refractivity contribution >= 4 is 23.2 Å². The van der Waals surface area contributed by atoms with Gasteiger partial charge in [0, 0.05) is 24.0 Å². The molecular weight excluding hydrogens is 392 g/mol. The van der Waals surface area contributed by atoms with Crippen LogP contribution < -0.4 is 22.1 Å². The van der Waals surface area contributed by atoms with Crippen LogP contribution in [0, 0.1) is 5.82 Å². The Hall–Kier alpha value is -2.95. The molecule has 0 radical (unpaired) electrons. The van der Waals surface area contributed by atoms with Gasteiger partial charge in [0.1, 0.15) is 11.5 Å². The summed E-state index contributed by atoms with van der Waals surface area (Å²) in [6.45, 7) is 0. The zero-order valence-electron chi connectivity index (χ0n) is 15.3. The first-order valence-corrected chi connectivity index (χ1v) is 8.98. The van der Waals surface area contributed by atoms with Gasteiger partial charge in [0.15, 0.2) is 11.6 Å². The normalized spacial score (nSPS) is 19.6. The zero-order valence-corrected chi connectivity index (χ0v) is 15.3.